The molecule has 0 fully saturated rings. The van der Waals surface area contributed by atoms with E-state index in [1.54, 1.807) is 24.3 Å². The standard InChI is InChI=1S/C13H8ClNO3S/c14-10-2-1-3-12(7-10)19-13-5-4-11(15(17)18)6-9(13)8-16/h1-8H. The summed E-state index contributed by atoms with van der Waals surface area (Å²) in [5, 5.41) is 11.2. The fourth-order valence-electron chi connectivity index (χ4n) is 1.49. The Morgan fingerprint density at radius 2 is 2.00 bits per heavy atom. The summed E-state index contributed by atoms with van der Waals surface area (Å²) in [6.45, 7) is 0. The lowest BCUT2D eigenvalue weighted by Crippen LogP contribution is -1.91. The molecule has 0 aliphatic rings. The van der Waals surface area contributed by atoms with Crippen molar-refractivity contribution in [2.75, 3.05) is 0 Å². The number of hydrogen-bond donors (Lipinski definition) is 0. The number of halogens is 1. The fourth-order valence-corrected chi connectivity index (χ4v) is 2.69. The molecule has 6 heteroatoms. The van der Waals surface area contributed by atoms with Gasteiger partial charge in [0, 0.05) is 32.5 Å². The van der Waals surface area contributed by atoms with Crippen molar-refractivity contribution < 1.29 is 9.72 Å². The molecule has 0 aliphatic carbocycles. The molecule has 0 unspecified atom stereocenters. The quantitative estimate of drug-likeness (QED) is 0.481. The predicted octanol–water partition coefficient (Wildman–Crippen LogP) is 4.21. The normalized spacial score (nSPS) is 10.2. The molecule has 0 saturated heterocycles. The molecule has 2 rings (SSSR count). The minimum atomic E-state index is -0.527. The Morgan fingerprint density at radius 1 is 1.21 bits per heavy atom. The topological polar surface area (TPSA) is 60.2 Å². The number of benzene rings is 2. The molecule has 0 radical (unpaired) electrons. The van der Waals surface area contributed by atoms with E-state index in [9.17, 15) is 14.9 Å². The Labute approximate surface area is 118 Å². The molecule has 0 saturated carbocycles. The molecule has 0 aliphatic heterocycles. The zero-order chi connectivity index (χ0) is 13.8. The van der Waals surface area contributed by atoms with E-state index in [0.29, 0.717) is 21.8 Å². The first-order valence-corrected chi connectivity index (χ1v) is 6.46. The number of hydrogen-bond acceptors (Lipinski definition) is 4. The van der Waals surface area contributed by atoms with Gasteiger partial charge in [-0.15, -0.1) is 0 Å². The summed E-state index contributed by atoms with van der Waals surface area (Å²) in [5.41, 5.74) is 0.191. The highest BCUT2D eigenvalue weighted by Gasteiger charge is 2.11. The number of nitro groups is 1. The Morgan fingerprint density at radius 3 is 2.63 bits per heavy atom. The van der Waals surface area contributed by atoms with E-state index in [0.717, 1.165) is 4.90 Å². The Bertz CT molecular complexity index is 646. The van der Waals surface area contributed by atoms with Crippen LogP contribution in [0.5, 0.6) is 0 Å². The molecule has 0 aromatic heterocycles. The second-order valence-electron chi connectivity index (χ2n) is 3.66. The van der Waals surface area contributed by atoms with E-state index in [1.807, 2.05) is 6.07 Å². The fraction of sp³-hybridized carbons (Fsp3) is 0. The number of non-ortho nitro benzene ring substituents is 1. The molecule has 4 nitrogen and oxygen atoms in total. The number of rotatable bonds is 4. The van der Waals surface area contributed by atoms with Crippen molar-refractivity contribution >= 4 is 35.3 Å². The lowest BCUT2D eigenvalue weighted by molar-refractivity contribution is -0.384. The van der Waals surface area contributed by atoms with Crippen molar-refractivity contribution in [1.29, 1.82) is 0 Å². The van der Waals surface area contributed by atoms with Gasteiger partial charge in [-0.1, -0.05) is 29.4 Å². The Kier molecular flexibility index (Phi) is 4.19. The van der Waals surface area contributed by atoms with Gasteiger partial charge >= 0.3 is 0 Å². The Balaban J connectivity index is 2.35. The molecule has 0 spiro atoms. The minimum absolute atomic E-state index is 0.0995. The van der Waals surface area contributed by atoms with Crippen molar-refractivity contribution in [3.8, 4) is 0 Å². The molecule has 0 amide bonds. The maximum atomic E-state index is 11.0. The van der Waals surface area contributed by atoms with Crippen LogP contribution in [0.2, 0.25) is 5.02 Å². The largest absolute Gasteiger partial charge is 0.298 e. The van der Waals surface area contributed by atoms with Crippen LogP contribution in [0.25, 0.3) is 0 Å². The Hall–Kier alpha value is -1.85. The van der Waals surface area contributed by atoms with Gasteiger partial charge in [-0.25, -0.2) is 0 Å². The molecule has 19 heavy (non-hydrogen) atoms. The van der Waals surface area contributed by atoms with Crippen LogP contribution in [0.3, 0.4) is 0 Å². The first-order chi connectivity index (χ1) is 9.10. The van der Waals surface area contributed by atoms with Gasteiger partial charge in [0.1, 0.15) is 0 Å². The van der Waals surface area contributed by atoms with E-state index in [2.05, 4.69) is 0 Å². The van der Waals surface area contributed by atoms with Crippen LogP contribution in [0.4, 0.5) is 5.69 Å². The first-order valence-electron chi connectivity index (χ1n) is 5.27. The zero-order valence-corrected chi connectivity index (χ0v) is 11.1. The van der Waals surface area contributed by atoms with Crippen molar-refractivity contribution in [3.05, 3.63) is 63.2 Å². The average Bonchev–Trinajstić information content (AvgIpc) is 2.39. The van der Waals surface area contributed by atoms with Crippen LogP contribution < -0.4 is 0 Å². The maximum Gasteiger partial charge on any atom is 0.270 e. The number of carbonyl (C=O) groups is 1. The van der Waals surface area contributed by atoms with Gasteiger partial charge < -0.3 is 0 Å². The highest BCUT2D eigenvalue weighted by Crippen LogP contribution is 2.32. The lowest BCUT2D eigenvalue weighted by Gasteiger charge is -2.05. The summed E-state index contributed by atoms with van der Waals surface area (Å²) in [4.78, 5) is 22.6. The molecule has 0 atom stereocenters. The molecular formula is C13H8ClNO3S. The van der Waals surface area contributed by atoms with E-state index in [-0.39, 0.29) is 5.69 Å². The molecule has 2 aromatic rings. The van der Waals surface area contributed by atoms with Crippen molar-refractivity contribution in [3.63, 3.8) is 0 Å². The highest BCUT2D eigenvalue weighted by atomic mass is 35.5. The minimum Gasteiger partial charge on any atom is -0.298 e. The highest BCUT2D eigenvalue weighted by molar-refractivity contribution is 7.99. The zero-order valence-electron chi connectivity index (χ0n) is 9.58. The lowest BCUT2D eigenvalue weighted by atomic mass is 10.2. The van der Waals surface area contributed by atoms with Gasteiger partial charge in [-0.3, -0.25) is 14.9 Å². The number of carbonyl (C=O) groups excluding carboxylic acids is 1. The molecule has 2 aromatic carbocycles. The molecule has 96 valence electrons. The third-order valence-corrected chi connectivity index (χ3v) is 3.67. The van der Waals surface area contributed by atoms with Crippen LogP contribution in [-0.2, 0) is 0 Å². The van der Waals surface area contributed by atoms with Gasteiger partial charge in [0.05, 0.1) is 4.92 Å². The summed E-state index contributed by atoms with van der Waals surface area (Å²) < 4.78 is 0. The second kappa shape index (κ2) is 5.86. The summed E-state index contributed by atoms with van der Waals surface area (Å²) in [6.07, 6.45) is 0.611. The number of nitrogens with zero attached hydrogens (tertiary/aromatic N) is 1. The van der Waals surface area contributed by atoms with Gasteiger partial charge in [0.15, 0.2) is 6.29 Å². The molecule has 0 heterocycles. The predicted molar refractivity (Wildman–Crippen MR) is 74.1 cm³/mol. The summed E-state index contributed by atoms with van der Waals surface area (Å²) >= 11 is 7.21. The van der Waals surface area contributed by atoms with Crippen LogP contribution in [0, 0.1) is 10.1 Å². The second-order valence-corrected chi connectivity index (χ2v) is 5.21. The van der Waals surface area contributed by atoms with Crippen LogP contribution >= 0.6 is 23.4 Å². The summed E-state index contributed by atoms with van der Waals surface area (Å²) in [7, 11) is 0. The van der Waals surface area contributed by atoms with Crippen molar-refractivity contribution in [1.82, 2.24) is 0 Å². The van der Waals surface area contributed by atoms with Gasteiger partial charge in [-0.2, -0.15) is 0 Å². The van der Waals surface area contributed by atoms with E-state index in [4.69, 9.17) is 11.6 Å². The van der Waals surface area contributed by atoms with Crippen molar-refractivity contribution in [2.24, 2.45) is 0 Å². The van der Waals surface area contributed by atoms with E-state index >= 15 is 0 Å². The monoisotopic (exact) mass is 293 g/mol. The van der Waals surface area contributed by atoms with E-state index < -0.39 is 4.92 Å². The third kappa shape index (κ3) is 3.33. The molecule has 0 bridgehead atoms. The van der Waals surface area contributed by atoms with Crippen molar-refractivity contribution in [2.45, 2.75) is 9.79 Å². The third-order valence-electron chi connectivity index (χ3n) is 2.36. The molecule has 0 N–H and O–H groups in total. The SMILES string of the molecule is O=Cc1cc([N+](=O)[O-])ccc1Sc1cccc(Cl)c1. The average molecular weight is 294 g/mol. The van der Waals surface area contributed by atoms with Gasteiger partial charge in [0.2, 0.25) is 0 Å². The number of nitro benzene ring substituents is 1. The maximum absolute atomic E-state index is 11.0. The molecular weight excluding hydrogens is 286 g/mol. The van der Waals surface area contributed by atoms with Gasteiger partial charge in [0.25, 0.3) is 5.69 Å². The van der Waals surface area contributed by atoms with E-state index in [1.165, 1.54) is 23.9 Å². The van der Waals surface area contributed by atoms with Gasteiger partial charge in [-0.05, 0) is 24.3 Å². The number of aldehydes is 1. The van der Waals surface area contributed by atoms with Crippen LogP contribution in [0.15, 0.2) is 52.3 Å². The smallest absolute Gasteiger partial charge is 0.270 e. The summed E-state index contributed by atoms with van der Waals surface area (Å²) in [5.74, 6) is 0. The summed E-state index contributed by atoms with van der Waals surface area (Å²) in [6, 6.07) is 11.4. The first kappa shape index (κ1) is 13.6. The van der Waals surface area contributed by atoms with Crippen LogP contribution in [-0.4, -0.2) is 11.2 Å². The van der Waals surface area contributed by atoms with Crippen LogP contribution in [0.1, 0.15) is 10.4 Å².